The molecule has 0 aliphatic heterocycles. The summed E-state index contributed by atoms with van der Waals surface area (Å²) < 4.78 is 15.4. The first kappa shape index (κ1) is 19.5. The minimum Gasteiger partial charge on any atom is -0.482 e. The molecule has 0 saturated carbocycles. The molecule has 1 N–H and O–H groups in total. The van der Waals surface area contributed by atoms with Crippen molar-refractivity contribution in [3.8, 4) is 5.75 Å². The summed E-state index contributed by atoms with van der Waals surface area (Å²) in [6.45, 7) is 4.81. The Kier molecular flexibility index (Phi) is 7.64. The van der Waals surface area contributed by atoms with Gasteiger partial charge in [0.1, 0.15) is 12.4 Å². The summed E-state index contributed by atoms with van der Waals surface area (Å²) in [5.41, 5.74) is 2.36. The van der Waals surface area contributed by atoms with Crippen molar-refractivity contribution < 1.29 is 23.8 Å². The normalized spacial score (nSPS) is 10.2. The van der Waals surface area contributed by atoms with Gasteiger partial charge in [0.15, 0.2) is 6.61 Å². The Balaban J connectivity index is 1.79. The van der Waals surface area contributed by atoms with E-state index in [2.05, 4.69) is 5.32 Å². The summed E-state index contributed by atoms with van der Waals surface area (Å²) in [5.74, 6) is -0.194. The molecular weight excluding hydrogens is 334 g/mol. The van der Waals surface area contributed by atoms with Gasteiger partial charge in [-0.25, -0.2) is 4.79 Å². The highest BCUT2D eigenvalue weighted by Crippen LogP contribution is 2.15. The van der Waals surface area contributed by atoms with E-state index < -0.39 is 5.97 Å². The number of carbonyl (C=O) groups is 2. The molecule has 0 aliphatic rings. The van der Waals surface area contributed by atoms with E-state index in [-0.39, 0.29) is 19.1 Å². The van der Waals surface area contributed by atoms with Gasteiger partial charge in [-0.2, -0.15) is 0 Å². The van der Waals surface area contributed by atoms with Gasteiger partial charge in [-0.05, 0) is 50.2 Å². The first-order valence-electron chi connectivity index (χ1n) is 8.42. The quantitative estimate of drug-likeness (QED) is 0.551. The molecule has 0 unspecified atom stereocenters. The predicted molar refractivity (Wildman–Crippen MR) is 98.5 cm³/mol. The van der Waals surface area contributed by atoms with Crippen molar-refractivity contribution in [3.05, 3.63) is 59.7 Å². The average molecular weight is 357 g/mol. The molecule has 2 rings (SSSR count). The second-order valence-corrected chi connectivity index (χ2v) is 5.55. The van der Waals surface area contributed by atoms with E-state index in [1.807, 2.05) is 38.1 Å². The molecule has 1 amide bonds. The molecule has 26 heavy (non-hydrogen) atoms. The van der Waals surface area contributed by atoms with E-state index in [0.29, 0.717) is 24.5 Å². The number of carbonyl (C=O) groups excluding carboxylic acids is 2. The van der Waals surface area contributed by atoms with Crippen LogP contribution < -0.4 is 10.1 Å². The zero-order chi connectivity index (χ0) is 18.8. The fourth-order valence-corrected chi connectivity index (χ4v) is 2.09. The lowest BCUT2D eigenvalue weighted by Gasteiger charge is -2.08. The number of ether oxygens (including phenoxy) is 3. The van der Waals surface area contributed by atoms with Crippen molar-refractivity contribution in [1.29, 1.82) is 0 Å². The van der Waals surface area contributed by atoms with Gasteiger partial charge in [0.2, 0.25) is 0 Å². The monoisotopic (exact) mass is 357 g/mol. The number of rotatable bonds is 9. The molecule has 0 aromatic heterocycles. The lowest BCUT2D eigenvalue weighted by molar-refractivity contribution is -0.147. The van der Waals surface area contributed by atoms with Gasteiger partial charge in [0, 0.05) is 17.9 Å². The standard InChI is InChI=1S/C20H23NO5/c1-3-24-12-13-25-19(22)14-26-18-10-6-16(7-11-18)20(23)21-17-8-4-15(2)5-9-17/h4-11H,3,12-14H2,1-2H3,(H,21,23). The predicted octanol–water partition coefficient (Wildman–Crippen LogP) is 3.21. The van der Waals surface area contributed by atoms with E-state index in [4.69, 9.17) is 14.2 Å². The van der Waals surface area contributed by atoms with Crippen LogP contribution in [0.2, 0.25) is 0 Å². The summed E-state index contributed by atoms with van der Waals surface area (Å²) >= 11 is 0. The van der Waals surface area contributed by atoms with Crippen molar-refractivity contribution in [3.63, 3.8) is 0 Å². The first-order valence-corrected chi connectivity index (χ1v) is 8.42. The number of esters is 1. The first-order chi connectivity index (χ1) is 12.6. The summed E-state index contributed by atoms with van der Waals surface area (Å²) in [5, 5.41) is 2.82. The van der Waals surface area contributed by atoms with Crippen LogP contribution in [0.1, 0.15) is 22.8 Å². The highest BCUT2D eigenvalue weighted by atomic mass is 16.6. The molecule has 0 atom stereocenters. The Morgan fingerprint density at radius 2 is 1.65 bits per heavy atom. The Morgan fingerprint density at radius 3 is 2.31 bits per heavy atom. The van der Waals surface area contributed by atoms with Crippen molar-refractivity contribution in [1.82, 2.24) is 0 Å². The zero-order valence-corrected chi connectivity index (χ0v) is 15.0. The summed E-state index contributed by atoms with van der Waals surface area (Å²) in [6.07, 6.45) is 0. The molecule has 0 fully saturated rings. The molecular formula is C20H23NO5. The SMILES string of the molecule is CCOCCOC(=O)COc1ccc(C(=O)Nc2ccc(C)cc2)cc1. The highest BCUT2D eigenvalue weighted by Gasteiger charge is 2.08. The topological polar surface area (TPSA) is 73.9 Å². The van der Waals surface area contributed by atoms with E-state index in [1.54, 1.807) is 24.3 Å². The number of anilines is 1. The van der Waals surface area contributed by atoms with Crippen LogP contribution >= 0.6 is 0 Å². The van der Waals surface area contributed by atoms with Crippen molar-refractivity contribution >= 4 is 17.6 Å². The summed E-state index contributed by atoms with van der Waals surface area (Å²) in [4.78, 5) is 23.7. The largest absolute Gasteiger partial charge is 0.482 e. The smallest absolute Gasteiger partial charge is 0.344 e. The van der Waals surface area contributed by atoms with Crippen LogP contribution in [-0.2, 0) is 14.3 Å². The minimum atomic E-state index is -0.467. The minimum absolute atomic E-state index is 0.193. The lowest BCUT2D eigenvalue weighted by Crippen LogP contribution is -2.17. The van der Waals surface area contributed by atoms with Crippen LogP contribution in [0.15, 0.2) is 48.5 Å². The molecule has 0 bridgehead atoms. The average Bonchev–Trinajstić information content (AvgIpc) is 2.66. The van der Waals surface area contributed by atoms with Crippen molar-refractivity contribution in [2.75, 3.05) is 31.7 Å². The van der Waals surface area contributed by atoms with Crippen LogP contribution in [0.4, 0.5) is 5.69 Å². The van der Waals surface area contributed by atoms with Gasteiger partial charge < -0.3 is 19.5 Å². The maximum atomic E-state index is 12.2. The Bertz CT molecular complexity index is 710. The third kappa shape index (κ3) is 6.57. The Hall–Kier alpha value is -2.86. The van der Waals surface area contributed by atoms with Gasteiger partial charge in [-0.1, -0.05) is 17.7 Å². The Morgan fingerprint density at radius 1 is 0.962 bits per heavy atom. The van der Waals surface area contributed by atoms with E-state index >= 15 is 0 Å². The van der Waals surface area contributed by atoms with Crippen LogP contribution in [0.3, 0.4) is 0 Å². The maximum Gasteiger partial charge on any atom is 0.344 e. The molecule has 138 valence electrons. The number of hydrogen-bond acceptors (Lipinski definition) is 5. The van der Waals surface area contributed by atoms with Gasteiger partial charge >= 0.3 is 5.97 Å². The van der Waals surface area contributed by atoms with Gasteiger partial charge in [-0.15, -0.1) is 0 Å². The molecule has 2 aromatic rings. The van der Waals surface area contributed by atoms with E-state index in [1.165, 1.54) is 0 Å². The van der Waals surface area contributed by atoms with Crippen LogP contribution in [0, 0.1) is 6.92 Å². The fourth-order valence-electron chi connectivity index (χ4n) is 2.09. The van der Waals surface area contributed by atoms with Crippen LogP contribution in [0.5, 0.6) is 5.75 Å². The van der Waals surface area contributed by atoms with Gasteiger partial charge in [0.25, 0.3) is 5.91 Å². The van der Waals surface area contributed by atoms with Gasteiger partial charge in [-0.3, -0.25) is 4.79 Å². The van der Waals surface area contributed by atoms with E-state index in [0.717, 1.165) is 11.3 Å². The molecule has 0 aliphatic carbocycles. The van der Waals surface area contributed by atoms with Crippen LogP contribution in [0.25, 0.3) is 0 Å². The number of amides is 1. The number of aryl methyl sites for hydroxylation is 1. The molecule has 0 spiro atoms. The zero-order valence-electron chi connectivity index (χ0n) is 15.0. The number of benzene rings is 2. The third-order valence-corrected chi connectivity index (χ3v) is 3.48. The number of nitrogens with one attached hydrogen (secondary N) is 1. The number of hydrogen-bond donors (Lipinski definition) is 1. The molecule has 2 aromatic carbocycles. The van der Waals surface area contributed by atoms with Crippen molar-refractivity contribution in [2.45, 2.75) is 13.8 Å². The summed E-state index contributed by atoms with van der Waals surface area (Å²) in [7, 11) is 0. The lowest BCUT2D eigenvalue weighted by atomic mass is 10.2. The van der Waals surface area contributed by atoms with Crippen molar-refractivity contribution in [2.24, 2.45) is 0 Å². The molecule has 0 heterocycles. The highest BCUT2D eigenvalue weighted by molar-refractivity contribution is 6.04. The van der Waals surface area contributed by atoms with E-state index in [9.17, 15) is 9.59 Å². The summed E-state index contributed by atoms with van der Waals surface area (Å²) in [6, 6.07) is 14.1. The van der Waals surface area contributed by atoms with Crippen LogP contribution in [-0.4, -0.2) is 38.3 Å². The molecule has 0 saturated heterocycles. The molecule has 6 heteroatoms. The maximum absolute atomic E-state index is 12.2. The molecule has 6 nitrogen and oxygen atoms in total. The third-order valence-electron chi connectivity index (χ3n) is 3.48. The Labute approximate surface area is 153 Å². The molecule has 0 radical (unpaired) electrons. The second-order valence-electron chi connectivity index (χ2n) is 5.55. The fraction of sp³-hybridized carbons (Fsp3) is 0.300. The van der Waals surface area contributed by atoms with Gasteiger partial charge in [0.05, 0.1) is 6.61 Å². The second kappa shape index (κ2) is 10.2.